The molecule has 1 fully saturated rings. The molecule has 1 saturated heterocycles. The van der Waals surface area contributed by atoms with Crippen LogP contribution in [0.2, 0.25) is 0 Å². The van der Waals surface area contributed by atoms with E-state index in [1.165, 1.54) is 7.11 Å². The molecule has 0 N–H and O–H groups in total. The molecule has 30 heavy (non-hydrogen) atoms. The van der Waals surface area contributed by atoms with E-state index in [0.717, 1.165) is 4.90 Å². The summed E-state index contributed by atoms with van der Waals surface area (Å²) in [6.07, 6.45) is 1.35. The summed E-state index contributed by atoms with van der Waals surface area (Å²) in [6.45, 7) is 0.443. The van der Waals surface area contributed by atoms with Crippen molar-refractivity contribution in [2.75, 3.05) is 26.7 Å². The summed E-state index contributed by atoms with van der Waals surface area (Å²) < 4.78 is 5.29. The number of carbonyl (C=O) groups is 4. The molecule has 1 atom stereocenters. The predicted molar refractivity (Wildman–Crippen MR) is 108 cm³/mol. The number of piperidine rings is 1. The van der Waals surface area contributed by atoms with Crippen molar-refractivity contribution in [3.8, 4) is 5.75 Å². The molecule has 0 radical (unpaired) electrons. The SMILES string of the molecule is COc1ccccc1C(=O)[C@@H]1CCCN(C(=O)CN2C(=O)c3ccccc3C2=O)C1. The van der Waals surface area contributed by atoms with Crippen molar-refractivity contribution in [2.45, 2.75) is 12.8 Å². The Kier molecular flexibility index (Phi) is 5.35. The summed E-state index contributed by atoms with van der Waals surface area (Å²) in [7, 11) is 1.52. The molecule has 0 aromatic heterocycles. The van der Waals surface area contributed by atoms with Crippen LogP contribution in [0.1, 0.15) is 43.9 Å². The van der Waals surface area contributed by atoms with E-state index in [1.807, 2.05) is 0 Å². The smallest absolute Gasteiger partial charge is 0.262 e. The first-order chi connectivity index (χ1) is 14.5. The Morgan fingerprint density at radius 2 is 1.63 bits per heavy atom. The van der Waals surface area contributed by atoms with Gasteiger partial charge in [-0.1, -0.05) is 24.3 Å². The molecule has 154 valence electrons. The monoisotopic (exact) mass is 406 g/mol. The number of likely N-dealkylation sites (tertiary alicyclic amines) is 1. The number of methoxy groups -OCH3 is 1. The fraction of sp³-hybridized carbons (Fsp3) is 0.304. The largest absolute Gasteiger partial charge is 0.496 e. The summed E-state index contributed by atoms with van der Waals surface area (Å²) in [6, 6.07) is 13.6. The maximum atomic E-state index is 13.0. The first-order valence-electron chi connectivity index (χ1n) is 9.91. The molecular weight excluding hydrogens is 384 g/mol. The minimum Gasteiger partial charge on any atom is -0.496 e. The predicted octanol–water partition coefficient (Wildman–Crippen LogP) is 2.41. The van der Waals surface area contributed by atoms with E-state index >= 15 is 0 Å². The third kappa shape index (κ3) is 3.47. The summed E-state index contributed by atoms with van der Waals surface area (Å²) in [4.78, 5) is 53.5. The number of rotatable bonds is 5. The zero-order valence-corrected chi connectivity index (χ0v) is 16.7. The average molecular weight is 406 g/mol. The third-order valence-electron chi connectivity index (χ3n) is 5.69. The molecule has 7 nitrogen and oxygen atoms in total. The van der Waals surface area contributed by atoms with Crippen molar-refractivity contribution in [1.82, 2.24) is 9.80 Å². The van der Waals surface area contributed by atoms with E-state index < -0.39 is 11.8 Å². The molecule has 2 aromatic rings. The van der Waals surface area contributed by atoms with Gasteiger partial charge in [0.2, 0.25) is 5.91 Å². The number of benzene rings is 2. The zero-order valence-electron chi connectivity index (χ0n) is 16.7. The highest BCUT2D eigenvalue weighted by molar-refractivity contribution is 6.22. The molecule has 2 aliphatic rings. The lowest BCUT2D eigenvalue weighted by atomic mass is 9.89. The van der Waals surface area contributed by atoms with E-state index in [4.69, 9.17) is 4.74 Å². The van der Waals surface area contributed by atoms with Gasteiger partial charge in [-0.2, -0.15) is 0 Å². The van der Waals surface area contributed by atoms with Crippen molar-refractivity contribution < 1.29 is 23.9 Å². The number of fused-ring (bicyclic) bond motifs is 1. The summed E-state index contributed by atoms with van der Waals surface area (Å²) >= 11 is 0. The van der Waals surface area contributed by atoms with Crippen molar-refractivity contribution in [3.63, 3.8) is 0 Å². The van der Waals surface area contributed by atoms with Crippen LogP contribution in [-0.4, -0.2) is 60.0 Å². The van der Waals surface area contributed by atoms with E-state index in [9.17, 15) is 19.2 Å². The Hall–Kier alpha value is -3.48. The van der Waals surface area contributed by atoms with Gasteiger partial charge in [0.05, 0.1) is 23.8 Å². The molecule has 3 amide bonds. The Labute approximate surface area is 174 Å². The van der Waals surface area contributed by atoms with Gasteiger partial charge in [0.1, 0.15) is 12.3 Å². The van der Waals surface area contributed by atoms with Crippen LogP contribution in [0.5, 0.6) is 5.75 Å². The molecule has 2 aromatic carbocycles. The molecule has 0 spiro atoms. The number of hydrogen-bond acceptors (Lipinski definition) is 5. The second-order valence-electron chi connectivity index (χ2n) is 7.49. The highest BCUT2D eigenvalue weighted by Gasteiger charge is 2.38. The molecule has 7 heteroatoms. The van der Waals surface area contributed by atoms with Crippen LogP contribution in [0.4, 0.5) is 0 Å². The Balaban J connectivity index is 1.45. The standard InChI is InChI=1S/C23H22N2O5/c1-30-19-11-5-4-10-18(19)21(27)15-7-6-12-24(13-15)20(26)14-25-22(28)16-8-2-3-9-17(16)23(25)29/h2-5,8-11,15H,6-7,12-14H2,1H3/t15-/m1/s1. The number of Topliss-reactive ketones (excluding diaryl/α,β-unsaturated/α-hetero) is 1. The van der Waals surface area contributed by atoms with Crippen LogP contribution in [0.3, 0.4) is 0 Å². The lowest BCUT2D eigenvalue weighted by Gasteiger charge is -2.33. The summed E-state index contributed by atoms with van der Waals surface area (Å²) in [5.41, 5.74) is 1.14. The number of imide groups is 1. The molecular formula is C23H22N2O5. The van der Waals surface area contributed by atoms with Gasteiger partial charge in [-0.05, 0) is 37.1 Å². The quantitative estimate of drug-likeness (QED) is 0.562. The van der Waals surface area contributed by atoms with E-state index in [1.54, 1.807) is 53.4 Å². The van der Waals surface area contributed by atoms with Crippen LogP contribution < -0.4 is 4.74 Å². The average Bonchev–Trinajstić information content (AvgIpc) is 3.03. The molecule has 4 rings (SSSR count). The highest BCUT2D eigenvalue weighted by atomic mass is 16.5. The third-order valence-corrected chi connectivity index (χ3v) is 5.69. The van der Waals surface area contributed by atoms with Gasteiger partial charge in [-0.15, -0.1) is 0 Å². The Morgan fingerprint density at radius 3 is 2.30 bits per heavy atom. The van der Waals surface area contributed by atoms with E-state index in [-0.39, 0.29) is 30.7 Å². The van der Waals surface area contributed by atoms with Crippen LogP contribution in [0.15, 0.2) is 48.5 Å². The topological polar surface area (TPSA) is 84.0 Å². The van der Waals surface area contributed by atoms with Crippen molar-refractivity contribution in [1.29, 1.82) is 0 Å². The van der Waals surface area contributed by atoms with Crippen molar-refractivity contribution >= 4 is 23.5 Å². The second-order valence-corrected chi connectivity index (χ2v) is 7.49. The first kappa shape index (κ1) is 19.8. The fourth-order valence-electron chi connectivity index (χ4n) is 4.10. The van der Waals surface area contributed by atoms with E-state index in [0.29, 0.717) is 41.8 Å². The molecule has 0 saturated carbocycles. The van der Waals surface area contributed by atoms with Crippen LogP contribution in [-0.2, 0) is 4.79 Å². The van der Waals surface area contributed by atoms with Gasteiger partial charge >= 0.3 is 0 Å². The van der Waals surface area contributed by atoms with Gasteiger partial charge in [-0.3, -0.25) is 24.1 Å². The van der Waals surface area contributed by atoms with Crippen molar-refractivity contribution in [2.24, 2.45) is 5.92 Å². The molecule has 2 aliphatic heterocycles. The molecule has 0 aliphatic carbocycles. The van der Waals surface area contributed by atoms with Gasteiger partial charge < -0.3 is 9.64 Å². The number of ketones is 1. The van der Waals surface area contributed by atoms with Crippen LogP contribution >= 0.6 is 0 Å². The lowest BCUT2D eigenvalue weighted by Crippen LogP contribution is -2.47. The minimum atomic E-state index is -0.456. The lowest BCUT2D eigenvalue weighted by molar-refractivity contribution is -0.132. The van der Waals surface area contributed by atoms with Gasteiger partial charge in [-0.25, -0.2) is 0 Å². The fourth-order valence-corrected chi connectivity index (χ4v) is 4.10. The molecule has 0 unspecified atom stereocenters. The maximum absolute atomic E-state index is 13.0. The van der Waals surface area contributed by atoms with Gasteiger partial charge in [0.25, 0.3) is 11.8 Å². The zero-order chi connectivity index (χ0) is 21.3. The van der Waals surface area contributed by atoms with Crippen molar-refractivity contribution in [3.05, 3.63) is 65.2 Å². The molecule has 2 heterocycles. The highest BCUT2D eigenvalue weighted by Crippen LogP contribution is 2.27. The minimum absolute atomic E-state index is 0.0642. The van der Waals surface area contributed by atoms with Crippen LogP contribution in [0.25, 0.3) is 0 Å². The van der Waals surface area contributed by atoms with Gasteiger partial charge in [0, 0.05) is 19.0 Å². The number of para-hydroxylation sites is 1. The maximum Gasteiger partial charge on any atom is 0.262 e. The van der Waals surface area contributed by atoms with Gasteiger partial charge in [0.15, 0.2) is 5.78 Å². The van der Waals surface area contributed by atoms with E-state index in [2.05, 4.69) is 0 Å². The number of hydrogen-bond donors (Lipinski definition) is 0. The number of nitrogens with zero attached hydrogens (tertiary/aromatic N) is 2. The molecule has 0 bridgehead atoms. The Morgan fingerprint density at radius 1 is 1.00 bits per heavy atom. The normalized spacial score (nSPS) is 18.4. The number of carbonyl (C=O) groups excluding carboxylic acids is 4. The number of ether oxygens (including phenoxy) is 1. The Bertz CT molecular complexity index is 997. The number of amides is 3. The summed E-state index contributed by atoms with van der Waals surface area (Å²) in [5, 5.41) is 0. The second kappa shape index (κ2) is 8.10. The first-order valence-corrected chi connectivity index (χ1v) is 9.91. The van der Waals surface area contributed by atoms with Crippen LogP contribution in [0, 0.1) is 5.92 Å². The summed E-state index contributed by atoms with van der Waals surface area (Å²) in [5.74, 6) is -1.14.